The molecule has 2 nitrogen and oxygen atoms in total. The number of hydrogen-bond acceptors (Lipinski definition) is 2. The molecule has 2 heteroatoms. The van der Waals surface area contributed by atoms with Gasteiger partial charge in [0.05, 0.1) is 0 Å². The molecule has 1 spiro atoms. The SMILES string of the molecule is CC1(C)CCC(c2ccc(NC3CCC4(CC3)CN4)cc2)CC1. The monoisotopic (exact) mass is 312 g/mol. The molecule has 3 fully saturated rings. The Morgan fingerprint density at radius 2 is 1.52 bits per heavy atom. The quantitative estimate of drug-likeness (QED) is 0.764. The topological polar surface area (TPSA) is 34.0 Å². The molecule has 0 amide bonds. The van der Waals surface area contributed by atoms with Crippen molar-refractivity contribution in [2.75, 3.05) is 11.9 Å². The van der Waals surface area contributed by atoms with E-state index in [2.05, 4.69) is 48.7 Å². The molecular weight excluding hydrogens is 280 g/mol. The van der Waals surface area contributed by atoms with Gasteiger partial charge in [-0.15, -0.1) is 0 Å². The molecule has 1 heterocycles. The summed E-state index contributed by atoms with van der Waals surface area (Å²) in [4.78, 5) is 0. The maximum atomic E-state index is 3.76. The van der Waals surface area contributed by atoms with Crippen LogP contribution in [0.15, 0.2) is 24.3 Å². The molecule has 1 aromatic carbocycles. The minimum atomic E-state index is 0.552. The molecule has 4 rings (SSSR count). The normalized spacial score (nSPS) is 29.4. The second-order valence-corrected chi connectivity index (χ2v) is 9.11. The highest BCUT2D eigenvalue weighted by Gasteiger charge is 2.44. The fourth-order valence-electron chi connectivity index (χ4n) is 4.61. The lowest BCUT2D eigenvalue weighted by Crippen LogP contribution is -2.31. The van der Waals surface area contributed by atoms with E-state index < -0.39 is 0 Å². The van der Waals surface area contributed by atoms with Crippen LogP contribution in [-0.2, 0) is 0 Å². The molecule has 0 radical (unpaired) electrons. The van der Waals surface area contributed by atoms with Gasteiger partial charge in [0.15, 0.2) is 0 Å². The van der Waals surface area contributed by atoms with Crippen LogP contribution < -0.4 is 10.6 Å². The Hall–Kier alpha value is -1.02. The van der Waals surface area contributed by atoms with Crippen LogP contribution in [0.25, 0.3) is 0 Å². The van der Waals surface area contributed by atoms with Crippen molar-refractivity contribution in [2.45, 2.75) is 82.7 Å². The summed E-state index contributed by atoms with van der Waals surface area (Å²) in [5, 5.41) is 7.32. The summed E-state index contributed by atoms with van der Waals surface area (Å²) in [7, 11) is 0. The third-order valence-corrected chi connectivity index (χ3v) is 6.71. The average molecular weight is 313 g/mol. The lowest BCUT2D eigenvalue weighted by Gasteiger charge is -2.34. The summed E-state index contributed by atoms with van der Waals surface area (Å²) >= 11 is 0. The average Bonchev–Trinajstić information content (AvgIpc) is 3.30. The van der Waals surface area contributed by atoms with Crippen molar-refractivity contribution in [3.8, 4) is 0 Å². The van der Waals surface area contributed by atoms with Crippen LogP contribution >= 0.6 is 0 Å². The van der Waals surface area contributed by atoms with Crippen LogP contribution in [0, 0.1) is 5.41 Å². The largest absolute Gasteiger partial charge is 0.382 e. The van der Waals surface area contributed by atoms with Crippen LogP contribution in [0.1, 0.15) is 76.7 Å². The molecule has 126 valence electrons. The van der Waals surface area contributed by atoms with E-state index in [1.807, 2.05) is 0 Å². The standard InChI is InChI=1S/C21H32N2/c1-20(2)11-7-17(8-12-20)16-3-5-18(6-4-16)23-19-9-13-21(14-10-19)15-22-21/h3-6,17,19,22-23H,7-15H2,1-2H3. The molecule has 1 saturated heterocycles. The van der Waals surface area contributed by atoms with E-state index in [1.54, 1.807) is 5.56 Å². The van der Waals surface area contributed by atoms with Gasteiger partial charge in [-0.05, 0) is 80.4 Å². The number of hydrogen-bond donors (Lipinski definition) is 2. The lowest BCUT2D eigenvalue weighted by atomic mass is 9.71. The summed E-state index contributed by atoms with van der Waals surface area (Å²) in [6, 6.07) is 10.0. The highest BCUT2D eigenvalue weighted by molar-refractivity contribution is 5.46. The van der Waals surface area contributed by atoms with Crippen molar-refractivity contribution in [1.29, 1.82) is 0 Å². The van der Waals surface area contributed by atoms with Gasteiger partial charge in [0, 0.05) is 23.8 Å². The zero-order valence-corrected chi connectivity index (χ0v) is 14.8. The smallest absolute Gasteiger partial charge is 0.0342 e. The van der Waals surface area contributed by atoms with Gasteiger partial charge in [-0.3, -0.25) is 0 Å². The Kier molecular flexibility index (Phi) is 3.91. The predicted molar refractivity (Wildman–Crippen MR) is 98.0 cm³/mol. The zero-order valence-electron chi connectivity index (χ0n) is 14.8. The molecule has 0 atom stereocenters. The van der Waals surface area contributed by atoms with E-state index in [-0.39, 0.29) is 0 Å². The molecule has 2 aliphatic carbocycles. The highest BCUT2D eigenvalue weighted by Crippen LogP contribution is 2.42. The Morgan fingerprint density at radius 3 is 2.09 bits per heavy atom. The Labute approximate surface area is 141 Å². The highest BCUT2D eigenvalue weighted by atomic mass is 15.2. The number of nitrogens with one attached hydrogen (secondary N) is 2. The minimum Gasteiger partial charge on any atom is -0.382 e. The number of rotatable bonds is 3. The lowest BCUT2D eigenvalue weighted by molar-refractivity contribution is 0.224. The molecule has 3 aliphatic rings. The first-order valence-electron chi connectivity index (χ1n) is 9.65. The van der Waals surface area contributed by atoms with Gasteiger partial charge in [0.2, 0.25) is 0 Å². The second-order valence-electron chi connectivity index (χ2n) is 9.11. The van der Waals surface area contributed by atoms with Crippen molar-refractivity contribution in [1.82, 2.24) is 5.32 Å². The minimum absolute atomic E-state index is 0.552. The Balaban J connectivity index is 1.31. The third-order valence-electron chi connectivity index (χ3n) is 6.71. The summed E-state index contributed by atoms with van der Waals surface area (Å²) in [5.41, 5.74) is 3.98. The molecule has 23 heavy (non-hydrogen) atoms. The van der Waals surface area contributed by atoms with Gasteiger partial charge in [-0.25, -0.2) is 0 Å². The first kappa shape index (κ1) is 15.5. The van der Waals surface area contributed by atoms with Crippen LogP contribution in [0.2, 0.25) is 0 Å². The molecule has 0 unspecified atom stereocenters. The first-order valence-corrected chi connectivity index (χ1v) is 9.65. The van der Waals surface area contributed by atoms with Gasteiger partial charge in [-0.2, -0.15) is 0 Å². The van der Waals surface area contributed by atoms with Gasteiger partial charge >= 0.3 is 0 Å². The molecular formula is C21H32N2. The van der Waals surface area contributed by atoms with E-state index in [9.17, 15) is 0 Å². The maximum absolute atomic E-state index is 3.76. The number of benzene rings is 1. The fourth-order valence-corrected chi connectivity index (χ4v) is 4.61. The third kappa shape index (κ3) is 3.57. The van der Waals surface area contributed by atoms with E-state index in [0.717, 1.165) is 5.92 Å². The molecule has 0 bridgehead atoms. The summed E-state index contributed by atoms with van der Waals surface area (Å²) in [5.74, 6) is 0.785. The second kappa shape index (κ2) is 5.81. The Bertz CT molecular complexity index is 521. The molecule has 0 aromatic heterocycles. The predicted octanol–water partition coefficient (Wildman–Crippen LogP) is 5.07. The molecule has 2 saturated carbocycles. The van der Waals surface area contributed by atoms with Crippen molar-refractivity contribution in [2.24, 2.45) is 5.41 Å². The van der Waals surface area contributed by atoms with Gasteiger partial charge in [0.1, 0.15) is 0 Å². The zero-order chi connectivity index (χ0) is 15.9. The summed E-state index contributed by atoms with van der Waals surface area (Å²) in [6.45, 7) is 6.09. The summed E-state index contributed by atoms with van der Waals surface area (Å²) in [6.07, 6.45) is 10.8. The number of anilines is 1. The van der Waals surface area contributed by atoms with Crippen molar-refractivity contribution in [3.05, 3.63) is 29.8 Å². The van der Waals surface area contributed by atoms with E-state index in [0.29, 0.717) is 17.0 Å². The maximum Gasteiger partial charge on any atom is 0.0342 e. The first-order chi connectivity index (χ1) is 11.0. The van der Waals surface area contributed by atoms with E-state index in [1.165, 1.54) is 63.6 Å². The van der Waals surface area contributed by atoms with Gasteiger partial charge in [0.25, 0.3) is 0 Å². The van der Waals surface area contributed by atoms with Crippen LogP contribution in [0.5, 0.6) is 0 Å². The molecule has 1 aromatic rings. The van der Waals surface area contributed by atoms with Crippen molar-refractivity contribution in [3.63, 3.8) is 0 Å². The van der Waals surface area contributed by atoms with Gasteiger partial charge < -0.3 is 10.6 Å². The molecule has 2 N–H and O–H groups in total. The Morgan fingerprint density at radius 1 is 0.913 bits per heavy atom. The van der Waals surface area contributed by atoms with Crippen LogP contribution in [-0.4, -0.2) is 18.1 Å². The summed E-state index contributed by atoms with van der Waals surface area (Å²) < 4.78 is 0. The van der Waals surface area contributed by atoms with Crippen molar-refractivity contribution < 1.29 is 0 Å². The van der Waals surface area contributed by atoms with E-state index >= 15 is 0 Å². The van der Waals surface area contributed by atoms with Crippen LogP contribution in [0.4, 0.5) is 5.69 Å². The van der Waals surface area contributed by atoms with E-state index in [4.69, 9.17) is 0 Å². The molecule has 1 aliphatic heterocycles. The van der Waals surface area contributed by atoms with Crippen molar-refractivity contribution >= 4 is 5.69 Å². The van der Waals surface area contributed by atoms with Crippen LogP contribution in [0.3, 0.4) is 0 Å². The fraction of sp³-hybridized carbons (Fsp3) is 0.714. The van der Waals surface area contributed by atoms with Gasteiger partial charge in [-0.1, -0.05) is 26.0 Å².